The molecule has 1 rings (SSSR count). The summed E-state index contributed by atoms with van der Waals surface area (Å²) in [5, 5.41) is 0. The summed E-state index contributed by atoms with van der Waals surface area (Å²) in [7, 11) is 7.63. The van der Waals surface area contributed by atoms with Gasteiger partial charge in [0.05, 0.1) is 0 Å². The molecule has 0 aromatic carbocycles. The Morgan fingerprint density at radius 2 is 1.23 bits per heavy atom. The number of hydrogen-bond donors (Lipinski definition) is 0. The Balaban J connectivity index is 3.11. The van der Waals surface area contributed by atoms with E-state index < -0.39 is 0 Å². The summed E-state index contributed by atoms with van der Waals surface area (Å²) in [4.78, 5) is 16.3. The normalized spacial score (nSPS) is 9.92. The lowest BCUT2D eigenvalue weighted by atomic mass is 10.7. The molecule has 0 aliphatic carbocycles. The quantitative estimate of drug-likeness (QED) is 0.748. The lowest BCUT2D eigenvalue weighted by Gasteiger charge is -2.14. The Kier molecular flexibility index (Phi) is 3.23. The summed E-state index contributed by atoms with van der Waals surface area (Å²) in [6, 6.07) is 0. The second kappa shape index (κ2) is 4.03. The first-order valence-electron chi connectivity index (χ1n) is 3.77. The molecule has 0 spiro atoms. The zero-order valence-corrected chi connectivity index (χ0v) is 10.3. The van der Waals surface area contributed by atoms with Crippen molar-refractivity contribution in [3.63, 3.8) is 0 Å². The predicted molar refractivity (Wildman–Crippen MR) is 61.2 cm³/mol. The van der Waals surface area contributed by atoms with E-state index in [9.17, 15) is 0 Å². The molecule has 0 atom stereocenters. The van der Waals surface area contributed by atoms with E-state index in [4.69, 9.17) is 0 Å². The summed E-state index contributed by atoms with van der Waals surface area (Å²) in [5.74, 6) is 1.37. The molecule has 0 radical (unpaired) electrons. The Morgan fingerprint density at radius 3 is 1.54 bits per heavy atom. The number of anilines is 2. The monoisotopic (exact) mass is 293 g/mol. The van der Waals surface area contributed by atoms with Crippen molar-refractivity contribution in [1.82, 2.24) is 15.0 Å². The number of rotatable bonds is 2. The highest BCUT2D eigenvalue weighted by Crippen LogP contribution is 2.10. The molecule has 6 heteroatoms. The van der Waals surface area contributed by atoms with Gasteiger partial charge in [0.25, 0.3) is 0 Å². The van der Waals surface area contributed by atoms with Crippen LogP contribution in [-0.4, -0.2) is 43.1 Å². The lowest BCUT2D eigenvalue weighted by molar-refractivity contribution is 0.895. The number of aromatic nitrogens is 3. The predicted octanol–water partition coefficient (Wildman–Crippen LogP) is 0.608. The Bertz CT molecular complexity index is 273. The third-order valence-electron chi connectivity index (χ3n) is 1.38. The Labute approximate surface area is 91.3 Å². The fourth-order valence-electron chi connectivity index (χ4n) is 0.729. The molecule has 0 N–H and O–H groups in total. The van der Waals surface area contributed by atoms with Crippen molar-refractivity contribution in [2.24, 2.45) is 0 Å². The standard InChI is InChI=1S/C7H12IN5/c1-12(2)6-9-5(8)10-7(11-6)13(3)4/h1-4H3. The minimum atomic E-state index is 0.683. The van der Waals surface area contributed by atoms with Gasteiger partial charge >= 0.3 is 0 Å². The van der Waals surface area contributed by atoms with E-state index in [1.54, 1.807) is 0 Å². The first-order valence-corrected chi connectivity index (χ1v) is 4.85. The van der Waals surface area contributed by atoms with Crippen LogP contribution in [0.3, 0.4) is 0 Å². The van der Waals surface area contributed by atoms with Crippen LogP contribution in [0.2, 0.25) is 0 Å². The molecule has 0 saturated heterocycles. The van der Waals surface area contributed by atoms with Gasteiger partial charge in [0, 0.05) is 50.8 Å². The van der Waals surface area contributed by atoms with Gasteiger partial charge in [-0.05, 0) is 0 Å². The first-order chi connectivity index (χ1) is 6.00. The maximum Gasteiger partial charge on any atom is 0.230 e. The fraction of sp³-hybridized carbons (Fsp3) is 0.571. The van der Waals surface area contributed by atoms with E-state index in [-0.39, 0.29) is 0 Å². The maximum absolute atomic E-state index is 4.26. The molecule has 1 aromatic rings. The lowest BCUT2D eigenvalue weighted by Crippen LogP contribution is -2.19. The number of hydrogen-bond acceptors (Lipinski definition) is 5. The van der Waals surface area contributed by atoms with Crippen molar-refractivity contribution in [3.8, 4) is 0 Å². The van der Waals surface area contributed by atoms with E-state index in [2.05, 4.69) is 37.5 Å². The van der Waals surface area contributed by atoms with Crippen molar-refractivity contribution < 1.29 is 0 Å². The highest BCUT2D eigenvalue weighted by atomic mass is 127. The van der Waals surface area contributed by atoms with Gasteiger partial charge in [-0.25, -0.2) is 0 Å². The van der Waals surface area contributed by atoms with Crippen LogP contribution in [0.15, 0.2) is 0 Å². The zero-order chi connectivity index (χ0) is 10.0. The summed E-state index contributed by atoms with van der Waals surface area (Å²) < 4.78 is 0.708. The van der Waals surface area contributed by atoms with Crippen LogP contribution in [0, 0.1) is 3.83 Å². The number of halogens is 1. The smallest absolute Gasteiger partial charge is 0.230 e. The fourth-order valence-corrected chi connectivity index (χ4v) is 1.16. The van der Waals surface area contributed by atoms with Crippen molar-refractivity contribution in [3.05, 3.63) is 3.83 Å². The summed E-state index contributed by atoms with van der Waals surface area (Å²) in [6.07, 6.45) is 0. The van der Waals surface area contributed by atoms with Crippen LogP contribution in [0.1, 0.15) is 0 Å². The molecule has 5 nitrogen and oxygen atoms in total. The highest BCUT2D eigenvalue weighted by molar-refractivity contribution is 14.1. The largest absolute Gasteiger partial charge is 0.347 e. The van der Waals surface area contributed by atoms with Crippen LogP contribution >= 0.6 is 22.6 Å². The summed E-state index contributed by atoms with van der Waals surface area (Å²) in [6.45, 7) is 0. The average Bonchev–Trinajstić information content (AvgIpc) is 2.03. The van der Waals surface area contributed by atoms with Crippen molar-refractivity contribution in [2.45, 2.75) is 0 Å². The van der Waals surface area contributed by atoms with Crippen LogP contribution in [-0.2, 0) is 0 Å². The zero-order valence-electron chi connectivity index (χ0n) is 8.11. The molecule has 0 aliphatic rings. The second-order valence-corrected chi connectivity index (χ2v) is 3.96. The number of nitrogens with zero attached hydrogens (tertiary/aromatic N) is 5. The second-order valence-electron chi connectivity index (χ2n) is 2.99. The molecule has 0 unspecified atom stereocenters. The Morgan fingerprint density at radius 1 is 0.846 bits per heavy atom. The third-order valence-corrected chi connectivity index (χ3v) is 1.87. The van der Waals surface area contributed by atoms with Crippen molar-refractivity contribution >= 4 is 34.5 Å². The van der Waals surface area contributed by atoms with Crippen LogP contribution < -0.4 is 9.80 Å². The van der Waals surface area contributed by atoms with Gasteiger partial charge < -0.3 is 9.80 Å². The molecule has 13 heavy (non-hydrogen) atoms. The van der Waals surface area contributed by atoms with Gasteiger partial charge in [-0.1, -0.05) is 0 Å². The molecule has 0 bridgehead atoms. The molecule has 72 valence electrons. The first kappa shape index (κ1) is 10.4. The van der Waals surface area contributed by atoms with E-state index in [0.717, 1.165) is 0 Å². The molecule has 0 fully saturated rings. The van der Waals surface area contributed by atoms with E-state index in [1.165, 1.54) is 0 Å². The van der Waals surface area contributed by atoms with Crippen molar-refractivity contribution in [1.29, 1.82) is 0 Å². The van der Waals surface area contributed by atoms with Gasteiger partial charge in [0.15, 0.2) is 3.83 Å². The molecule has 0 amide bonds. The molecular weight excluding hydrogens is 281 g/mol. The highest BCUT2D eigenvalue weighted by Gasteiger charge is 2.06. The van der Waals surface area contributed by atoms with Gasteiger partial charge in [0.2, 0.25) is 11.9 Å². The van der Waals surface area contributed by atoms with Gasteiger partial charge in [0.1, 0.15) is 0 Å². The van der Waals surface area contributed by atoms with E-state index in [0.29, 0.717) is 15.7 Å². The van der Waals surface area contributed by atoms with Crippen LogP contribution in [0.5, 0.6) is 0 Å². The molecule has 0 aliphatic heterocycles. The topological polar surface area (TPSA) is 45.2 Å². The average molecular weight is 293 g/mol. The van der Waals surface area contributed by atoms with Gasteiger partial charge in [-0.2, -0.15) is 15.0 Å². The summed E-state index contributed by atoms with van der Waals surface area (Å²) >= 11 is 2.08. The summed E-state index contributed by atoms with van der Waals surface area (Å²) in [5.41, 5.74) is 0. The third kappa shape index (κ3) is 2.64. The minimum absolute atomic E-state index is 0.683. The molecular formula is C7H12IN5. The van der Waals surface area contributed by atoms with E-state index in [1.807, 2.05) is 38.0 Å². The van der Waals surface area contributed by atoms with Crippen molar-refractivity contribution in [2.75, 3.05) is 38.0 Å². The SMILES string of the molecule is CN(C)c1nc(I)nc(N(C)C)n1. The van der Waals surface area contributed by atoms with Gasteiger partial charge in [-0.15, -0.1) is 0 Å². The molecule has 1 aromatic heterocycles. The minimum Gasteiger partial charge on any atom is -0.347 e. The maximum atomic E-state index is 4.26. The van der Waals surface area contributed by atoms with E-state index >= 15 is 0 Å². The van der Waals surface area contributed by atoms with Gasteiger partial charge in [-0.3, -0.25) is 0 Å². The molecule has 1 heterocycles. The molecule has 0 saturated carbocycles. The Hall–Kier alpha value is -0.660. The van der Waals surface area contributed by atoms with Crippen LogP contribution in [0.4, 0.5) is 11.9 Å². The van der Waals surface area contributed by atoms with Crippen LogP contribution in [0.25, 0.3) is 0 Å².